The summed E-state index contributed by atoms with van der Waals surface area (Å²) in [7, 11) is 1.20. The number of unbranched alkanes of at least 4 members (excludes halogenated alkanes) is 64. The third-order valence-electron chi connectivity index (χ3n) is 19.1. The number of carbonyl (C=O) groups excluding carboxylic acids is 2. The maximum atomic E-state index is 12.9. The van der Waals surface area contributed by atoms with Crippen LogP contribution in [0.4, 0.5) is 0 Å². The minimum atomic E-state index is -4.64. The van der Waals surface area contributed by atoms with Crippen molar-refractivity contribution in [1.29, 1.82) is 0 Å². The highest BCUT2D eigenvalue weighted by molar-refractivity contribution is 7.45. The molecule has 10 heteroatoms. The number of phosphoric acid groups is 1. The first-order valence-electron chi connectivity index (χ1n) is 40.7. The molecule has 538 valence electrons. The van der Waals surface area contributed by atoms with Crippen LogP contribution in [0.15, 0.2) is 0 Å². The average Bonchev–Trinajstić information content (AvgIpc) is 3.58. The molecular formula is C80H160NO8P. The molecule has 0 aromatic carbocycles. The third-order valence-corrected chi connectivity index (χ3v) is 20.1. The van der Waals surface area contributed by atoms with Gasteiger partial charge < -0.3 is 27.9 Å². The second kappa shape index (κ2) is 72.3. The van der Waals surface area contributed by atoms with E-state index in [4.69, 9.17) is 18.5 Å². The van der Waals surface area contributed by atoms with Crippen LogP contribution in [-0.2, 0) is 32.7 Å². The fourth-order valence-electron chi connectivity index (χ4n) is 12.9. The summed E-state index contributed by atoms with van der Waals surface area (Å²) in [4.78, 5) is 38.2. The zero-order valence-electron chi connectivity index (χ0n) is 61.6. The van der Waals surface area contributed by atoms with E-state index in [0.717, 1.165) is 32.1 Å². The maximum Gasteiger partial charge on any atom is 0.306 e. The zero-order chi connectivity index (χ0) is 65.5. The van der Waals surface area contributed by atoms with Crippen LogP contribution in [-0.4, -0.2) is 70.0 Å². The van der Waals surface area contributed by atoms with Crippen molar-refractivity contribution >= 4 is 19.8 Å². The van der Waals surface area contributed by atoms with Crippen LogP contribution in [0.5, 0.6) is 0 Å². The van der Waals surface area contributed by atoms with Crippen LogP contribution in [0.25, 0.3) is 0 Å². The molecule has 0 N–H and O–H groups in total. The molecule has 0 aromatic heterocycles. The molecule has 0 rings (SSSR count). The minimum absolute atomic E-state index is 0.0246. The molecule has 0 heterocycles. The average molecular weight is 1300 g/mol. The van der Waals surface area contributed by atoms with Crippen LogP contribution in [0.1, 0.15) is 450 Å². The standard InChI is InChI=1S/C80H160NO8P/c1-6-8-10-12-14-16-18-20-22-24-26-28-30-32-34-36-38-40-41-43-45-47-49-51-53-55-57-59-61-63-65-67-69-71-73-80(83)89-78(77-88-90(84,85)87-75-74-81(3,4)5)76-86-79(82)72-70-68-66-64-62-60-58-56-54-52-50-48-46-44-42-39-37-35-33-31-29-27-25-23-21-19-17-15-13-11-9-7-2/h78H,6-77H2,1-5H3. The van der Waals surface area contributed by atoms with Crippen LogP contribution >= 0.6 is 7.82 Å². The van der Waals surface area contributed by atoms with Crippen molar-refractivity contribution in [3.63, 3.8) is 0 Å². The van der Waals surface area contributed by atoms with Crippen LogP contribution in [0.2, 0.25) is 0 Å². The number of quaternary nitrogens is 1. The molecule has 0 saturated carbocycles. The lowest BCUT2D eigenvalue weighted by molar-refractivity contribution is -0.870. The van der Waals surface area contributed by atoms with Gasteiger partial charge in [0.25, 0.3) is 7.82 Å². The molecule has 9 nitrogen and oxygen atoms in total. The van der Waals surface area contributed by atoms with Gasteiger partial charge in [-0.3, -0.25) is 14.2 Å². The maximum absolute atomic E-state index is 12.9. The van der Waals surface area contributed by atoms with E-state index in [9.17, 15) is 19.0 Å². The Morgan fingerprint density at radius 1 is 0.300 bits per heavy atom. The first-order chi connectivity index (χ1) is 44.0. The van der Waals surface area contributed by atoms with Gasteiger partial charge in [-0.15, -0.1) is 0 Å². The Kier molecular flexibility index (Phi) is 71.5. The first-order valence-corrected chi connectivity index (χ1v) is 42.2. The number of esters is 2. The van der Waals surface area contributed by atoms with Crippen molar-refractivity contribution < 1.29 is 42.1 Å². The molecule has 2 unspecified atom stereocenters. The number of likely N-dealkylation sites (N-methyl/N-ethyl adjacent to an activating group) is 1. The second-order valence-electron chi connectivity index (χ2n) is 29.5. The Labute approximate surface area is 563 Å². The molecule has 2 atom stereocenters. The molecule has 0 aliphatic carbocycles. The smallest absolute Gasteiger partial charge is 0.306 e. The summed E-state index contributed by atoms with van der Waals surface area (Å²) in [5.41, 5.74) is 0. The lowest BCUT2D eigenvalue weighted by Gasteiger charge is -2.28. The number of ether oxygens (including phenoxy) is 2. The van der Waals surface area contributed by atoms with E-state index in [1.54, 1.807) is 0 Å². The van der Waals surface area contributed by atoms with E-state index >= 15 is 0 Å². The normalized spacial score (nSPS) is 12.9. The summed E-state index contributed by atoms with van der Waals surface area (Å²) in [5, 5.41) is 0. The van der Waals surface area contributed by atoms with E-state index in [1.807, 2.05) is 21.1 Å². The second-order valence-corrected chi connectivity index (χ2v) is 30.9. The number of hydrogen-bond acceptors (Lipinski definition) is 8. The summed E-state index contributed by atoms with van der Waals surface area (Å²) >= 11 is 0. The van der Waals surface area contributed by atoms with Crippen molar-refractivity contribution in [2.75, 3.05) is 47.5 Å². The van der Waals surface area contributed by atoms with Gasteiger partial charge in [-0.1, -0.05) is 425 Å². The Morgan fingerprint density at radius 2 is 0.500 bits per heavy atom. The predicted molar refractivity (Wildman–Crippen MR) is 389 cm³/mol. The Bertz CT molecular complexity index is 1470. The Morgan fingerprint density at radius 3 is 0.711 bits per heavy atom. The highest BCUT2D eigenvalue weighted by atomic mass is 31.2. The Hall–Kier alpha value is -0.990. The topological polar surface area (TPSA) is 111 Å². The van der Waals surface area contributed by atoms with Gasteiger partial charge in [-0.05, 0) is 12.8 Å². The summed E-state index contributed by atoms with van der Waals surface area (Å²) in [6.07, 6.45) is 89.6. The van der Waals surface area contributed by atoms with Crippen molar-refractivity contribution in [2.45, 2.75) is 457 Å². The fourth-order valence-corrected chi connectivity index (χ4v) is 13.6. The molecule has 0 aromatic rings. The van der Waals surface area contributed by atoms with E-state index in [1.165, 1.54) is 385 Å². The summed E-state index contributed by atoms with van der Waals surface area (Å²) < 4.78 is 34.4. The number of hydrogen-bond donors (Lipinski definition) is 0. The van der Waals surface area contributed by atoms with Crippen molar-refractivity contribution in [2.24, 2.45) is 0 Å². The third kappa shape index (κ3) is 76.0. The molecule has 0 saturated heterocycles. The molecule has 0 amide bonds. The number of carbonyl (C=O) groups is 2. The van der Waals surface area contributed by atoms with Crippen molar-refractivity contribution in [3.8, 4) is 0 Å². The quantitative estimate of drug-likeness (QED) is 0.0256. The van der Waals surface area contributed by atoms with Crippen molar-refractivity contribution in [3.05, 3.63) is 0 Å². The van der Waals surface area contributed by atoms with Gasteiger partial charge in [-0.2, -0.15) is 0 Å². The van der Waals surface area contributed by atoms with Crippen molar-refractivity contribution in [1.82, 2.24) is 0 Å². The van der Waals surface area contributed by atoms with Gasteiger partial charge in [-0.25, -0.2) is 0 Å². The largest absolute Gasteiger partial charge is 0.756 e. The van der Waals surface area contributed by atoms with Gasteiger partial charge in [0.2, 0.25) is 0 Å². The van der Waals surface area contributed by atoms with Gasteiger partial charge >= 0.3 is 11.9 Å². The minimum Gasteiger partial charge on any atom is -0.756 e. The highest BCUT2D eigenvalue weighted by Crippen LogP contribution is 2.38. The van der Waals surface area contributed by atoms with E-state index in [2.05, 4.69) is 13.8 Å². The fraction of sp³-hybridized carbons (Fsp3) is 0.975. The molecule has 0 aliphatic heterocycles. The molecule has 0 fully saturated rings. The van der Waals surface area contributed by atoms with E-state index < -0.39 is 26.5 Å². The van der Waals surface area contributed by atoms with Gasteiger partial charge in [0.05, 0.1) is 27.7 Å². The van der Waals surface area contributed by atoms with Crippen LogP contribution in [0.3, 0.4) is 0 Å². The highest BCUT2D eigenvalue weighted by Gasteiger charge is 2.22. The predicted octanol–water partition coefficient (Wildman–Crippen LogP) is 26.2. The van der Waals surface area contributed by atoms with Gasteiger partial charge in [0.1, 0.15) is 19.8 Å². The number of phosphoric ester groups is 1. The molecule has 0 aliphatic rings. The summed E-state index contributed by atoms with van der Waals surface area (Å²) in [6, 6.07) is 0. The monoisotopic (exact) mass is 1290 g/mol. The van der Waals surface area contributed by atoms with E-state index in [0.29, 0.717) is 17.4 Å². The van der Waals surface area contributed by atoms with E-state index in [-0.39, 0.29) is 32.0 Å². The molecule has 90 heavy (non-hydrogen) atoms. The number of nitrogens with zero attached hydrogens (tertiary/aromatic N) is 1. The number of rotatable bonds is 78. The molecule has 0 bridgehead atoms. The first kappa shape index (κ1) is 89.0. The summed E-state index contributed by atoms with van der Waals surface area (Å²) in [6.45, 7) is 4.35. The van der Waals surface area contributed by atoms with Gasteiger partial charge in [0.15, 0.2) is 6.10 Å². The molecular weight excluding hydrogens is 1130 g/mol. The van der Waals surface area contributed by atoms with Gasteiger partial charge in [0, 0.05) is 12.8 Å². The lowest BCUT2D eigenvalue weighted by atomic mass is 10.0. The Balaban J connectivity index is 3.88. The SMILES string of the molecule is CCCCCCCCCCCCCCCCCCCCCCCCCCCCCCCCCCCCC(=O)OC(COC(=O)CCCCCCCCCCCCCCCCCCCCCCCCCCCCCCCCCC)COP(=O)([O-])OCC[N+](C)(C)C. The molecule has 0 radical (unpaired) electrons. The van der Waals surface area contributed by atoms with Crippen LogP contribution < -0.4 is 4.89 Å². The zero-order valence-corrected chi connectivity index (χ0v) is 62.5. The molecule has 0 spiro atoms. The van der Waals surface area contributed by atoms with Crippen LogP contribution in [0, 0.1) is 0 Å². The lowest BCUT2D eigenvalue weighted by Crippen LogP contribution is -2.37. The summed E-state index contributed by atoms with van der Waals surface area (Å²) in [5.74, 6) is -0.800.